The van der Waals surface area contributed by atoms with Gasteiger partial charge in [0.15, 0.2) is 0 Å². The molecule has 1 aromatic rings. The third-order valence-electron chi connectivity index (χ3n) is 2.80. The van der Waals surface area contributed by atoms with Crippen molar-refractivity contribution in [2.45, 2.75) is 6.42 Å². The van der Waals surface area contributed by atoms with E-state index >= 15 is 0 Å². The fourth-order valence-corrected chi connectivity index (χ4v) is 1.67. The quantitative estimate of drug-likeness (QED) is 0.519. The van der Waals surface area contributed by atoms with Crippen molar-refractivity contribution in [3.05, 3.63) is 35.4 Å². The molecular weight excluding hydrogens is 316 g/mol. The van der Waals surface area contributed by atoms with Crippen LogP contribution in [0.4, 0.5) is 0 Å². The van der Waals surface area contributed by atoms with Crippen molar-refractivity contribution in [2.75, 3.05) is 54.1 Å². The van der Waals surface area contributed by atoms with Crippen LogP contribution in [0.25, 0.3) is 0 Å². The largest absolute Gasteiger partial charge is 0.478 e. The molecule has 138 valence electrons. The van der Waals surface area contributed by atoms with E-state index < -0.39 is 5.97 Å². The van der Waals surface area contributed by atoms with Crippen LogP contribution in [0.1, 0.15) is 15.9 Å². The normalized spacial score (nSPS) is 10.6. The number of hydrogen-bond donors (Lipinski definition) is 3. The number of aromatic carboxylic acids is 1. The summed E-state index contributed by atoms with van der Waals surface area (Å²) in [5.74, 6) is -0.848. The van der Waals surface area contributed by atoms with E-state index in [0.717, 1.165) is 23.8 Å². The molecule has 0 aromatic heterocycles. The molecule has 0 bridgehead atoms. The van der Waals surface area contributed by atoms with Gasteiger partial charge in [-0.2, -0.15) is 0 Å². The number of hydrogen-bond acceptors (Lipinski definition) is 7. The first-order chi connectivity index (χ1) is 11.4. The van der Waals surface area contributed by atoms with Crippen LogP contribution in [-0.2, 0) is 16.1 Å². The van der Waals surface area contributed by atoms with Crippen molar-refractivity contribution in [1.29, 1.82) is 0 Å². The summed E-state index contributed by atoms with van der Waals surface area (Å²) in [5.41, 5.74) is 1.31. The number of aliphatic hydroxyl groups is 2. The smallest absolute Gasteiger partial charge is 0.335 e. The molecule has 1 rings (SSSR count). The minimum absolute atomic E-state index is 0.0488. The van der Waals surface area contributed by atoms with Crippen LogP contribution >= 0.6 is 0 Å². The lowest BCUT2D eigenvalue weighted by molar-refractivity contribution is -0.356. The molecule has 0 fully saturated rings. The molecule has 0 aliphatic rings. The number of carboxylic acid groups (broad SMARTS) is 1. The minimum atomic E-state index is -0.848. The van der Waals surface area contributed by atoms with Crippen molar-refractivity contribution >= 4 is 5.97 Å². The zero-order valence-corrected chi connectivity index (χ0v) is 14.5. The molecule has 8 heteroatoms. The number of carboxylic acids is 1. The minimum Gasteiger partial charge on any atom is -0.478 e. The second kappa shape index (κ2) is 13.8. The maximum atomic E-state index is 10.9. The van der Waals surface area contributed by atoms with Crippen LogP contribution in [0.2, 0.25) is 0 Å². The van der Waals surface area contributed by atoms with Gasteiger partial charge in [0.25, 0.3) is 0 Å². The van der Waals surface area contributed by atoms with Gasteiger partial charge in [-0.05, 0) is 32.1 Å². The standard InChI is InChI=1S/C11H15NO2.C5H13NO4/c1-12(2)8-7-9-5-3-4-6-10(9)11(13)14;1-6(9-4-2-7)10-5-3-8/h3-6H,7-8H2,1-2H3,(H,13,14);7-8H,2-5H2,1H3. The topological polar surface area (TPSA) is 103 Å². The Morgan fingerprint density at radius 3 is 2.04 bits per heavy atom. The summed E-state index contributed by atoms with van der Waals surface area (Å²) in [6.45, 7) is 1.16. The van der Waals surface area contributed by atoms with Crippen LogP contribution in [-0.4, -0.2) is 85.5 Å². The highest BCUT2D eigenvalue weighted by Gasteiger charge is 2.08. The van der Waals surface area contributed by atoms with Gasteiger partial charge in [0.2, 0.25) is 0 Å². The molecule has 1 aromatic carbocycles. The molecule has 0 aliphatic carbocycles. The number of rotatable bonds is 10. The molecule has 0 heterocycles. The van der Waals surface area contributed by atoms with Gasteiger partial charge in [-0.15, -0.1) is 0 Å². The second-order valence-corrected chi connectivity index (χ2v) is 5.07. The number of hydroxylamine groups is 2. The van der Waals surface area contributed by atoms with Gasteiger partial charge in [-0.1, -0.05) is 23.4 Å². The molecule has 0 saturated heterocycles. The lowest BCUT2D eigenvalue weighted by Crippen LogP contribution is -2.22. The maximum absolute atomic E-state index is 10.9. The van der Waals surface area contributed by atoms with Crippen LogP contribution in [0.3, 0.4) is 0 Å². The molecule has 0 unspecified atom stereocenters. The molecule has 3 N–H and O–H groups in total. The molecular formula is C16H28N2O6. The summed E-state index contributed by atoms with van der Waals surface area (Å²) in [5, 5.41) is 26.6. The molecule has 0 aliphatic heterocycles. The number of aliphatic hydroxyl groups excluding tert-OH is 2. The fourth-order valence-electron chi connectivity index (χ4n) is 1.67. The van der Waals surface area contributed by atoms with Crippen molar-refractivity contribution < 1.29 is 29.8 Å². The van der Waals surface area contributed by atoms with E-state index in [-0.39, 0.29) is 26.4 Å². The van der Waals surface area contributed by atoms with Crippen LogP contribution < -0.4 is 0 Å². The predicted molar refractivity (Wildman–Crippen MR) is 89.5 cm³/mol. The van der Waals surface area contributed by atoms with E-state index in [2.05, 4.69) is 0 Å². The second-order valence-electron chi connectivity index (χ2n) is 5.07. The Morgan fingerprint density at radius 2 is 1.58 bits per heavy atom. The Bertz CT molecular complexity index is 448. The van der Waals surface area contributed by atoms with Gasteiger partial charge in [-0.3, -0.25) is 9.68 Å². The maximum Gasteiger partial charge on any atom is 0.335 e. The van der Waals surface area contributed by atoms with Gasteiger partial charge in [0.1, 0.15) is 0 Å². The highest BCUT2D eigenvalue weighted by Crippen LogP contribution is 2.09. The van der Waals surface area contributed by atoms with Crippen molar-refractivity contribution in [3.8, 4) is 0 Å². The average Bonchev–Trinajstić information content (AvgIpc) is 2.56. The monoisotopic (exact) mass is 344 g/mol. The first-order valence-corrected chi connectivity index (χ1v) is 7.59. The number of likely N-dealkylation sites (N-methyl/N-ethyl adjacent to an activating group) is 1. The Kier molecular flexibility index (Phi) is 13.0. The predicted octanol–water partition coefficient (Wildman–Crippen LogP) is 0.255. The summed E-state index contributed by atoms with van der Waals surface area (Å²) >= 11 is 0. The van der Waals surface area contributed by atoms with E-state index in [0.29, 0.717) is 5.56 Å². The summed E-state index contributed by atoms with van der Waals surface area (Å²) in [6.07, 6.45) is 0.773. The summed E-state index contributed by atoms with van der Waals surface area (Å²) < 4.78 is 0. The Hall–Kier alpha value is -1.55. The molecule has 0 amide bonds. The molecule has 8 nitrogen and oxygen atoms in total. The molecule has 0 atom stereocenters. The van der Waals surface area contributed by atoms with Crippen LogP contribution in [0.5, 0.6) is 0 Å². The van der Waals surface area contributed by atoms with Gasteiger partial charge < -0.3 is 20.2 Å². The Balaban J connectivity index is 0.000000470. The van der Waals surface area contributed by atoms with Crippen molar-refractivity contribution in [1.82, 2.24) is 10.1 Å². The summed E-state index contributed by atoms with van der Waals surface area (Å²) in [6, 6.07) is 7.14. The summed E-state index contributed by atoms with van der Waals surface area (Å²) in [4.78, 5) is 22.4. The van der Waals surface area contributed by atoms with Crippen LogP contribution in [0, 0.1) is 0 Å². The highest BCUT2D eigenvalue weighted by molar-refractivity contribution is 5.89. The molecule has 0 saturated carbocycles. The zero-order chi connectivity index (χ0) is 18.4. The van der Waals surface area contributed by atoms with E-state index in [1.54, 1.807) is 19.2 Å². The summed E-state index contributed by atoms with van der Waals surface area (Å²) in [7, 11) is 5.50. The fraction of sp³-hybridized carbons (Fsp3) is 0.562. The lowest BCUT2D eigenvalue weighted by Gasteiger charge is -2.13. The number of nitrogens with zero attached hydrogens (tertiary/aromatic N) is 2. The van der Waals surface area contributed by atoms with E-state index in [1.165, 1.54) is 0 Å². The van der Waals surface area contributed by atoms with Gasteiger partial charge in [-0.25, -0.2) is 4.79 Å². The van der Waals surface area contributed by atoms with E-state index in [1.807, 2.05) is 31.1 Å². The SMILES string of the molecule is CN(C)CCc1ccccc1C(=O)O.CN(OCCO)OCCO. The van der Waals surface area contributed by atoms with Gasteiger partial charge >= 0.3 is 5.97 Å². The molecule has 0 radical (unpaired) electrons. The Morgan fingerprint density at radius 1 is 1.04 bits per heavy atom. The van der Waals surface area contributed by atoms with Gasteiger partial charge in [0.05, 0.1) is 32.0 Å². The van der Waals surface area contributed by atoms with Crippen molar-refractivity contribution in [2.24, 2.45) is 0 Å². The Labute approximate surface area is 142 Å². The van der Waals surface area contributed by atoms with Gasteiger partial charge in [0, 0.05) is 13.6 Å². The zero-order valence-electron chi connectivity index (χ0n) is 14.5. The third kappa shape index (κ3) is 11.1. The van der Waals surface area contributed by atoms with Crippen LogP contribution in [0.15, 0.2) is 24.3 Å². The van der Waals surface area contributed by atoms with E-state index in [4.69, 9.17) is 25.0 Å². The molecule has 24 heavy (non-hydrogen) atoms. The number of benzene rings is 1. The number of carbonyl (C=O) groups is 1. The highest BCUT2D eigenvalue weighted by atomic mass is 16.9. The van der Waals surface area contributed by atoms with E-state index in [9.17, 15) is 4.79 Å². The third-order valence-corrected chi connectivity index (χ3v) is 2.80. The average molecular weight is 344 g/mol. The lowest BCUT2D eigenvalue weighted by atomic mass is 10.0. The molecule has 0 spiro atoms. The first-order valence-electron chi connectivity index (χ1n) is 7.59. The van der Waals surface area contributed by atoms with Crippen molar-refractivity contribution in [3.63, 3.8) is 0 Å². The first kappa shape index (κ1) is 22.4.